The van der Waals surface area contributed by atoms with E-state index in [1.54, 1.807) is 32.4 Å². The van der Waals surface area contributed by atoms with Crippen molar-refractivity contribution in [3.05, 3.63) is 59.7 Å². The summed E-state index contributed by atoms with van der Waals surface area (Å²) in [6, 6.07) is 15.2. The summed E-state index contributed by atoms with van der Waals surface area (Å²) in [5, 5.41) is 13.2. The van der Waals surface area contributed by atoms with Crippen LogP contribution in [0.2, 0.25) is 0 Å². The summed E-state index contributed by atoms with van der Waals surface area (Å²) in [4.78, 5) is 12.0. The minimum Gasteiger partial charge on any atom is -0.497 e. The van der Waals surface area contributed by atoms with Crippen LogP contribution in [0.15, 0.2) is 48.5 Å². The number of aliphatic hydroxyl groups excluding tert-OH is 1. The highest BCUT2D eigenvalue weighted by Gasteiger charge is 2.15. The highest BCUT2D eigenvalue weighted by atomic mass is 16.5. The van der Waals surface area contributed by atoms with Crippen molar-refractivity contribution in [2.75, 3.05) is 20.8 Å². The van der Waals surface area contributed by atoms with Crippen LogP contribution in [-0.4, -0.2) is 31.8 Å². The lowest BCUT2D eigenvalue weighted by atomic mass is 10.0. The van der Waals surface area contributed by atoms with Gasteiger partial charge in [0.1, 0.15) is 11.5 Å². The SMILES string of the molecule is COc1ccc(C(O)CCC(=O)NCCc2ccccc2)c(OC)c1. The standard InChI is InChI=1S/C20H25NO4/c1-24-16-8-9-17(19(14-16)25-2)18(22)10-11-20(23)21-13-12-15-6-4-3-5-7-15/h3-9,14,18,22H,10-13H2,1-2H3,(H,21,23). The van der Waals surface area contributed by atoms with Gasteiger partial charge in [-0.3, -0.25) is 4.79 Å². The number of rotatable bonds is 9. The molecule has 2 aromatic carbocycles. The van der Waals surface area contributed by atoms with Gasteiger partial charge in [0.25, 0.3) is 0 Å². The molecule has 0 aliphatic carbocycles. The van der Waals surface area contributed by atoms with Gasteiger partial charge in [-0.15, -0.1) is 0 Å². The first kappa shape index (κ1) is 18.8. The molecule has 0 heterocycles. The molecule has 2 aromatic rings. The minimum absolute atomic E-state index is 0.0672. The van der Waals surface area contributed by atoms with E-state index < -0.39 is 6.10 Å². The molecular formula is C20H25NO4. The molecule has 0 radical (unpaired) electrons. The van der Waals surface area contributed by atoms with Crippen molar-refractivity contribution in [3.8, 4) is 11.5 Å². The maximum atomic E-state index is 12.0. The van der Waals surface area contributed by atoms with Crippen LogP contribution < -0.4 is 14.8 Å². The average molecular weight is 343 g/mol. The zero-order valence-corrected chi connectivity index (χ0v) is 14.7. The van der Waals surface area contributed by atoms with Crippen LogP contribution in [0.25, 0.3) is 0 Å². The lowest BCUT2D eigenvalue weighted by Crippen LogP contribution is -2.25. The van der Waals surface area contributed by atoms with Crippen LogP contribution in [0.5, 0.6) is 11.5 Å². The van der Waals surface area contributed by atoms with Gasteiger partial charge in [-0.05, 0) is 30.5 Å². The highest BCUT2D eigenvalue weighted by molar-refractivity contribution is 5.75. The van der Waals surface area contributed by atoms with E-state index in [1.807, 2.05) is 30.3 Å². The topological polar surface area (TPSA) is 67.8 Å². The number of carbonyl (C=O) groups is 1. The predicted molar refractivity (Wildman–Crippen MR) is 96.9 cm³/mol. The first-order valence-corrected chi connectivity index (χ1v) is 8.34. The summed E-state index contributed by atoms with van der Waals surface area (Å²) in [7, 11) is 3.12. The minimum atomic E-state index is -0.763. The molecule has 2 rings (SSSR count). The number of methoxy groups -OCH3 is 2. The lowest BCUT2D eigenvalue weighted by molar-refractivity contribution is -0.121. The Hall–Kier alpha value is -2.53. The summed E-state index contributed by atoms with van der Waals surface area (Å²) in [6.45, 7) is 0.588. The summed E-state index contributed by atoms with van der Waals surface area (Å²) < 4.78 is 10.4. The Labute approximate surface area is 148 Å². The number of carbonyl (C=O) groups excluding carboxylic acids is 1. The molecular weight excluding hydrogens is 318 g/mol. The molecule has 5 nitrogen and oxygen atoms in total. The fourth-order valence-electron chi connectivity index (χ4n) is 2.60. The van der Waals surface area contributed by atoms with Gasteiger partial charge in [-0.25, -0.2) is 0 Å². The first-order chi connectivity index (χ1) is 12.1. The molecule has 1 unspecified atom stereocenters. The van der Waals surface area contributed by atoms with E-state index in [0.717, 1.165) is 6.42 Å². The van der Waals surface area contributed by atoms with Crippen LogP contribution in [-0.2, 0) is 11.2 Å². The van der Waals surface area contributed by atoms with Crippen molar-refractivity contribution in [2.24, 2.45) is 0 Å². The van der Waals surface area contributed by atoms with Crippen LogP contribution in [0.1, 0.15) is 30.1 Å². The number of hydrogen-bond acceptors (Lipinski definition) is 4. The van der Waals surface area contributed by atoms with Gasteiger partial charge in [-0.1, -0.05) is 30.3 Å². The van der Waals surface area contributed by atoms with Gasteiger partial charge in [0, 0.05) is 24.6 Å². The van der Waals surface area contributed by atoms with Gasteiger partial charge in [0.05, 0.1) is 20.3 Å². The number of nitrogens with one attached hydrogen (secondary N) is 1. The second-order valence-electron chi connectivity index (χ2n) is 5.75. The number of aliphatic hydroxyl groups is 1. The van der Waals surface area contributed by atoms with E-state index in [9.17, 15) is 9.90 Å². The van der Waals surface area contributed by atoms with Crippen LogP contribution >= 0.6 is 0 Å². The highest BCUT2D eigenvalue weighted by Crippen LogP contribution is 2.31. The maximum Gasteiger partial charge on any atom is 0.220 e. The Bertz CT molecular complexity index is 673. The third-order valence-corrected chi connectivity index (χ3v) is 4.02. The van der Waals surface area contributed by atoms with Gasteiger partial charge < -0.3 is 19.9 Å². The van der Waals surface area contributed by atoms with E-state index in [2.05, 4.69) is 5.32 Å². The van der Waals surface area contributed by atoms with Crippen molar-refractivity contribution >= 4 is 5.91 Å². The first-order valence-electron chi connectivity index (χ1n) is 8.34. The summed E-state index contributed by atoms with van der Waals surface area (Å²) >= 11 is 0. The molecule has 0 aromatic heterocycles. The van der Waals surface area contributed by atoms with E-state index in [4.69, 9.17) is 9.47 Å². The van der Waals surface area contributed by atoms with Crippen molar-refractivity contribution in [3.63, 3.8) is 0 Å². The maximum absolute atomic E-state index is 12.0. The van der Waals surface area contributed by atoms with Gasteiger partial charge in [0.15, 0.2) is 0 Å². The molecule has 0 bridgehead atoms. The average Bonchev–Trinajstić information content (AvgIpc) is 2.66. The van der Waals surface area contributed by atoms with E-state index in [0.29, 0.717) is 30.0 Å². The predicted octanol–water partition coefficient (Wildman–Crippen LogP) is 2.88. The smallest absolute Gasteiger partial charge is 0.220 e. The molecule has 0 saturated carbocycles. The summed E-state index contributed by atoms with van der Waals surface area (Å²) in [5.74, 6) is 1.14. The van der Waals surface area contributed by atoms with E-state index in [1.165, 1.54) is 5.56 Å². The normalized spacial score (nSPS) is 11.6. The largest absolute Gasteiger partial charge is 0.497 e. The van der Waals surface area contributed by atoms with Crippen molar-refractivity contribution < 1.29 is 19.4 Å². The second-order valence-corrected chi connectivity index (χ2v) is 5.75. The van der Waals surface area contributed by atoms with Gasteiger partial charge in [0.2, 0.25) is 5.91 Å². The summed E-state index contributed by atoms with van der Waals surface area (Å²) in [5.41, 5.74) is 1.84. The number of ether oxygens (including phenoxy) is 2. The van der Waals surface area contributed by atoms with E-state index in [-0.39, 0.29) is 12.3 Å². The molecule has 1 amide bonds. The third kappa shape index (κ3) is 5.80. The zero-order valence-electron chi connectivity index (χ0n) is 14.7. The fourth-order valence-corrected chi connectivity index (χ4v) is 2.60. The van der Waals surface area contributed by atoms with Crippen LogP contribution in [0.3, 0.4) is 0 Å². The molecule has 0 fully saturated rings. The molecule has 2 N–H and O–H groups in total. The number of amides is 1. The Morgan fingerprint density at radius 3 is 2.56 bits per heavy atom. The Morgan fingerprint density at radius 2 is 1.88 bits per heavy atom. The molecule has 0 aliphatic rings. The summed E-state index contributed by atoms with van der Waals surface area (Å²) in [6.07, 6.45) is 0.618. The third-order valence-electron chi connectivity index (χ3n) is 4.02. The van der Waals surface area contributed by atoms with Gasteiger partial charge >= 0.3 is 0 Å². The lowest BCUT2D eigenvalue weighted by Gasteiger charge is -2.15. The molecule has 0 spiro atoms. The molecule has 0 saturated heterocycles. The van der Waals surface area contributed by atoms with Crippen molar-refractivity contribution in [1.29, 1.82) is 0 Å². The molecule has 5 heteroatoms. The van der Waals surface area contributed by atoms with Crippen molar-refractivity contribution in [1.82, 2.24) is 5.32 Å². The second kappa shape index (κ2) is 9.69. The number of hydrogen-bond donors (Lipinski definition) is 2. The van der Waals surface area contributed by atoms with Gasteiger partial charge in [-0.2, -0.15) is 0 Å². The Kier molecular flexibility index (Phi) is 7.29. The molecule has 134 valence electrons. The molecule has 1 atom stereocenters. The molecule has 0 aliphatic heterocycles. The van der Waals surface area contributed by atoms with Crippen LogP contribution in [0.4, 0.5) is 0 Å². The van der Waals surface area contributed by atoms with Crippen molar-refractivity contribution in [2.45, 2.75) is 25.4 Å². The fraction of sp³-hybridized carbons (Fsp3) is 0.350. The zero-order chi connectivity index (χ0) is 18.1. The number of benzene rings is 2. The quantitative estimate of drug-likeness (QED) is 0.735. The monoisotopic (exact) mass is 343 g/mol. The Balaban J connectivity index is 1.79. The molecule has 25 heavy (non-hydrogen) atoms. The van der Waals surface area contributed by atoms with Crippen LogP contribution in [0, 0.1) is 0 Å². The van der Waals surface area contributed by atoms with E-state index >= 15 is 0 Å². The Morgan fingerprint density at radius 1 is 1.12 bits per heavy atom.